The topological polar surface area (TPSA) is 64.0 Å². The van der Waals surface area contributed by atoms with E-state index in [4.69, 9.17) is 16.3 Å². The van der Waals surface area contributed by atoms with Crippen LogP contribution in [0.15, 0.2) is 31.0 Å². The molecule has 6 nitrogen and oxygen atoms in total. The van der Waals surface area contributed by atoms with Crippen LogP contribution >= 0.6 is 11.6 Å². The third-order valence-corrected chi connectivity index (χ3v) is 5.50. The molecule has 2 aliphatic rings. The van der Waals surface area contributed by atoms with Crippen LogP contribution in [0.5, 0.6) is 5.88 Å². The Bertz CT molecular complexity index is 676. The summed E-state index contributed by atoms with van der Waals surface area (Å²) in [5.41, 5.74) is 0. The lowest BCUT2D eigenvalue weighted by Crippen LogP contribution is -2.35. The summed E-state index contributed by atoms with van der Waals surface area (Å²) in [6.45, 7) is 2.82. The lowest BCUT2D eigenvalue weighted by Gasteiger charge is -2.32. The Morgan fingerprint density at radius 1 is 1.16 bits per heavy atom. The standard InChI is InChI=1S/C18H22ClN5O/c19-15-10-21-18(22-11-15)24-6-2-13(3-7-24)16-9-14(16)4-8-25-17-1-5-20-12-23-17/h1,5,10-14,16H,2-4,6-9H2/t14-,16-/m1/s1. The molecule has 1 aliphatic heterocycles. The van der Waals surface area contributed by atoms with Gasteiger partial charge in [0, 0.05) is 25.4 Å². The van der Waals surface area contributed by atoms with Gasteiger partial charge in [-0.3, -0.25) is 0 Å². The summed E-state index contributed by atoms with van der Waals surface area (Å²) >= 11 is 5.86. The zero-order chi connectivity index (χ0) is 17.1. The van der Waals surface area contributed by atoms with Crippen LogP contribution in [-0.4, -0.2) is 39.6 Å². The lowest BCUT2D eigenvalue weighted by molar-refractivity contribution is 0.275. The second kappa shape index (κ2) is 7.52. The van der Waals surface area contributed by atoms with E-state index >= 15 is 0 Å². The number of hydrogen-bond donors (Lipinski definition) is 0. The molecule has 0 aromatic carbocycles. The summed E-state index contributed by atoms with van der Waals surface area (Å²) in [5, 5.41) is 0.587. The van der Waals surface area contributed by atoms with Crippen LogP contribution in [0.2, 0.25) is 5.02 Å². The summed E-state index contributed by atoms with van der Waals surface area (Å²) in [4.78, 5) is 18.9. The predicted molar refractivity (Wildman–Crippen MR) is 95.7 cm³/mol. The summed E-state index contributed by atoms with van der Waals surface area (Å²) in [6, 6.07) is 1.80. The first-order chi connectivity index (χ1) is 12.3. The molecule has 0 amide bonds. The van der Waals surface area contributed by atoms with E-state index in [1.54, 1.807) is 24.7 Å². The van der Waals surface area contributed by atoms with E-state index in [0.29, 0.717) is 10.9 Å². The zero-order valence-electron chi connectivity index (χ0n) is 14.1. The second-order valence-corrected chi connectivity index (χ2v) is 7.31. The molecule has 4 rings (SSSR count). The van der Waals surface area contributed by atoms with Gasteiger partial charge in [0.25, 0.3) is 0 Å². The van der Waals surface area contributed by atoms with E-state index in [1.165, 1.54) is 25.6 Å². The normalized spacial score (nSPS) is 23.5. The van der Waals surface area contributed by atoms with E-state index in [0.717, 1.165) is 49.8 Å². The quantitative estimate of drug-likeness (QED) is 0.789. The number of ether oxygens (including phenoxy) is 1. The van der Waals surface area contributed by atoms with Crippen molar-refractivity contribution in [2.75, 3.05) is 24.6 Å². The van der Waals surface area contributed by atoms with Crippen molar-refractivity contribution in [2.45, 2.75) is 25.7 Å². The van der Waals surface area contributed by atoms with Crippen molar-refractivity contribution in [1.29, 1.82) is 0 Å². The minimum atomic E-state index is 0.587. The summed E-state index contributed by atoms with van der Waals surface area (Å²) in [5.74, 6) is 3.97. The Balaban J connectivity index is 1.18. The van der Waals surface area contributed by atoms with Gasteiger partial charge in [-0.25, -0.2) is 19.9 Å². The molecule has 2 aromatic heterocycles. The molecule has 2 atom stereocenters. The molecule has 2 aromatic rings. The van der Waals surface area contributed by atoms with Crippen molar-refractivity contribution in [1.82, 2.24) is 19.9 Å². The average Bonchev–Trinajstić information content (AvgIpc) is 3.43. The van der Waals surface area contributed by atoms with Gasteiger partial charge >= 0.3 is 0 Å². The van der Waals surface area contributed by atoms with Gasteiger partial charge in [0.15, 0.2) is 0 Å². The minimum absolute atomic E-state index is 0.587. The Morgan fingerprint density at radius 3 is 2.68 bits per heavy atom. The fourth-order valence-electron chi connectivity index (χ4n) is 3.86. The third-order valence-electron chi connectivity index (χ3n) is 5.31. The van der Waals surface area contributed by atoms with Gasteiger partial charge in [-0.1, -0.05) is 11.6 Å². The highest BCUT2D eigenvalue weighted by molar-refractivity contribution is 6.30. The predicted octanol–water partition coefficient (Wildman–Crippen LogP) is 3.24. The molecular weight excluding hydrogens is 338 g/mol. The number of anilines is 1. The molecule has 0 unspecified atom stereocenters. The van der Waals surface area contributed by atoms with Gasteiger partial charge in [-0.05, 0) is 43.4 Å². The number of halogens is 1. The van der Waals surface area contributed by atoms with Crippen molar-refractivity contribution in [3.63, 3.8) is 0 Å². The summed E-state index contributed by atoms with van der Waals surface area (Å²) in [7, 11) is 0. The van der Waals surface area contributed by atoms with Gasteiger partial charge in [0.1, 0.15) is 6.33 Å². The molecule has 7 heteroatoms. The molecule has 0 spiro atoms. The first-order valence-electron chi connectivity index (χ1n) is 8.91. The summed E-state index contributed by atoms with van der Waals surface area (Å²) < 4.78 is 5.69. The van der Waals surface area contributed by atoms with Crippen molar-refractivity contribution in [3.05, 3.63) is 36.0 Å². The molecule has 3 heterocycles. The first-order valence-corrected chi connectivity index (χ1v) is 9.28. The fourth-order valence-corrected chi connectivity index (χ4v) is 3.95. The monoisotopic (exact) mass is 359 g/mol. The van der Waals surface area contributed by atoms with E-state index in [9.17, 15) is 0 Å². The number of nitrogens with zero attached hydrogens (tertiary/aromatic N) is 5. The number of hydrogen-bond acceptors (Lipinski definition) is 6. The van der Waals surface area contributed by atoms with Crippen LogP contribution in [0.25, 0.3) is 0 Å². The fraction of sp³-hybridized carbons (Fsp3) is 0.556. The van der Waals surface area contributed by atoms with Gasteiger partial charge in [-0.15, -0.1) is 0 Å². The molecule has 0 N–H and O–H groups in total. The van der Waals surface area contributed by atoms with Crippen LogP contribution in [0, 0.1) is 17.8 Å². The maximum atomic E-state index is 5.86. The van der Waals surface area contributed by atoms with Crippen LogP contribution in [-0.2, 0) is 0 Å². The van der Waals surface area contributed by atoms with Crippen LogP contribution in [0.3, 0.4) is 0 Å². The van der Waals surface area contributed by atoms with Crippen LogP contribution in [0.4, 0.5) is 5.95 Å². The Hall–Kier alpha value is -1.95. The van der Waals surface area contributed by atoms with Crippen LogP contribution in [0.1, 0.15) is 25.7 Å². The smallest absolute Gasteiger partial charge is 0.225 e. The molecule has 2 fully saturated rings. The average molecular weight is 360 g/mol. The highest BCUT2D eigenvalue weighted by atomic mass is 35.5. The number of aromatic nitrogens is 4. The molecule has 0 radical (unpaired) electrons. The van der Waals surface area contributed by atoms with Crippen molar-refractivity contribution in [2.24, 2.45) is 17.8 Å². The minimum Gasteiger partial charge on any atom is -0.478 e. The van der Waals surface area contributed by atoms with E-state index in [1.807, 2.05) is 0 Å². The van der Waals surface area contributed by atoms with Crippen LogP contribution < -0.4 is 9.64 Å². The molecular formula is C18H22ClN5O. The van der Waals surface area contributed by atoms with E-state index in [-0.39, 0.29) is 0 Å². The SMILES string of the molecule is Clc1cnc(N2CCC([C@H]3C[C@H]3CCOc3ccncn3)CC2)nc1. The Labute approximate surface area is 152 Å². The first kappa shape index (κ1) is 16.5. The molecule has 1 saturated heterocycles. The maximum Gasteiger partial charge on any atom is 0.225 e. The largest absolute Gasteiger partial charge is 0.478 e. The van der Waals surface area contributed by atoms with Gasteiger partial charge < -0.3 is 9.64 Å². The maximum absolute atomic E-state index is 5.86. The number of piperidine rings is 1. The molecule has 1 saturated carbocycles. The van der Waals surface area contributed by atoms with Crippen molar-refractivity contribution in [3.8, 4) is 5.88 Å². The Kier molecular flexibility index (Phi) is 4.97. The lowest BCUT2D eigenvalue weighted by atomic mass is 9.90. The van der Waals surface area contributed by atoms with E-state index < -0.39 is 0 Å². The van der Waals surface area contributed by atoms with E-state index in [2.05, 4.69) is 24.8 Å². The molecule has 25 heavy (non-hydrogen) atoms. The van der Waals surface area contributed by atoms with Crippen molar-refractivity contribution >= 4 is 17.5 Å². The van der Waals surface area contributed by atoms with Crippen molar-refractivity contribution < 1.29 is 4.74 Å². The second-order valence-electron chi connectivity index (χ2n) is 6.87. The summed E-state index contributed by atoms with van der Waals surface area (Å²) in [6.07, 6.45) is 11.5. The third kappa shape index (κ3) is 4.18. The number of rotatable bonds is 6. The molecule has 132 valence electrons. The van der Waals surface area contributed by atoms with Gasteiger partial charge in [0.05, 0.1) is 24.0 Å². The van der Waals surface area contributed by atoms with Gasteiger partial charge in [-0.2, -0.15) is 0 Å². The highest BCUT2D eigenvalue weighted by Crippen LogP contribution is 2.49. The van der Waals surface area contributed by atoms with Gasteiger partial charge in [0.2, 0.25) is 11.8 Å². The highest BCUT2D eigenvalue weighted by Gasteiger charge is 2.43. The molecule has 1 aliphatic carbocycles. The molecule has 0 bridgehead atoms. The Morgan fingerprint density at radius 2 is 1.96 bits per heavy atom. The zero-order valence-corrected chi connectivity index (χ0v) is 14.8.